The Kier molecular flexibility index (Phi) is 10.1. The van der Waals surface area contributed by atoms with E-state index in [2.05, 4.69) is 5.32 Å². The molecule has 192 valence electrons. The normalized spacial score (nSPS) is 13.0. The SMILES string of the molecule is CCC(C)NC(=O)C(CC)N(Cc1ccccc1)C(=O)CN(c1cc(C)ccc1OC)S(C)(=O)=O. The van der Waals surface area contributed by atoms with E-state index in [1.165, 1.54) is 12.0 Å². The summed E-state index contributed by atoms with van der Waals surface area (Å²) >= 11 is 0. The number of amides is 2. The van der Waals surface area contributed by atoms with Gasteiger partial charge in [0.05, 0.1) is 19.1 Å². The van der Waals surface area contributed by atoms with Gasteiger partial charge in [0.15, 0.2) is 0 Å². The number of sulfonamides is 1. The van der Waals surface area contributed by atoms with Crippen LogP contribution in [0.5, 0.6) is 5.75 Å². The smallest absolute Gasteiger partial charge is 0.244 e. The molecule has 0 aromatic heterocycles. The number of nitrogens with one attached hydrogen (secondary N) is 1. The lowest BCUT2D eigenvalue weighted by atomic mass is 10.1. The van der Waals surface area contributed by atoms with Crippen molar-refractivity contribution in [3.63, 3.8) is 0 Å². The molecule has 0 aliphatic carbocycles. The van der Waals surface area contributed by atoms with Gasteiger partial charge >= 0.3 is 0 Å². The minimum atomic E-state index is -3.84. The molecular weight excluding hydrogens is 466 g/mol. The quantitative estimate of drug-likeness (QED) is 0.478. The Morgan fingerprint density at radius 1 is 1.06 bits per heavy atom. The number of methoxy groups -OCH3 is 1. The summed E-state index contributed by atoms with van der Waals surface area (Å²) in [7, 11) is -2.39. The second kappa shape index (κ2) is 12.6. The van der Waals surface area contributed by atoms with E-state index < -0.39 is 28.5 Å². The van der Waals surface area contributed by atoms with Crippen molar-refractivity contribution in [3.05, 3.63) is 59.7 Å². The molecule has 0 radical (unpaired) electrons. The molecule has 0 saturated carbocycles. The van der Waals surface area contributed by atoms with E-state index in [-0.39, 0.29) is 24.2 Å². The van der Waals surface area contributed by atoms with Crippen LogP contribution in [0.15, 0.2) is 48.5 Å². The maximum atomic E-state index is 13.7. The zero-order chi connectivity index (χ0) is 26.2. The van der Waals surface area contributed by atoms with Crippen LogP contribution in [-0.2, 0) is 26.2 Å². The van der Waals surface area contributed by atoms with Crippen molar-refractivity contribution in [2.75, 3.05) is 24.2 Å². The first-order valence-corrected chi connectivity index (χ1v) is 13.6. The predicted molar refractivity (Wildman–Crippen MR) is 139 cm³/mol. The fraction of sp³-hybridized carbons (Fsp3) is 0.462. The van der Waals surface area contributed by atoms with Crippen LogP contribution in [0.25, 0.3) is 0 Å². The first kappa shape index (κ1) is 28.2. The fourth-order valence-corrected chi connectivity index (χ4v) is 4.58. The number of carbonyl (C=O) groups is 2. The number of ether oxygens (including phenoxy) is 1. The molecule has 0 aliphatic heterocycles. The summed E-state index contributed by atoms with van der Waals surface area (Å²) in [6.45, 7) is 7.26. The Bertz CT molecular complexity index is 1110. The molecule has 2 amide bonds. The minimum Gasteiger partial charge on any atom is -0.495 e. The lowest BCUT2D eigenvalue weighted by Gasteiger charge is -2.33. The summed E-state index contributed by atoms with van der Waals surface area (Å²) < 4.78 is 32.0. The van der Waals surface area contributed by atoms with Gasteiger partial charge in [0.2, 0.25) is 21.8 Å². The molecule has 35 heavy (non-hydrogen) atoms. The lowest BCUT2D eigenvalue weighted by Crippen LogP contribution is -2.53. The molecule has 0 heterocycles. The van der Waals surface area contributed by atoms with Crippen molar-refractivity contribution >= 4 is 27.5 Å². The van der Waals surface area contributed by atoms with Gasteiger partial charge < -0.3 is 15.0 Å². The summed E-state index contributed by atoms with van der Waals surface area (Å²) in [5.41, 5.74) is 1.94. The maximum absolute atomic E-state index is 13.7. The van der Waals surface area contributed by atoms with Gasteiger partial charge in [-0.15, -0.1) is 0 Å². The number of anilines is 1. The van der Waals surface area contributed by atoms with Crippen LogP contribution >= 0.6 is 0 Å². The van der Waals surface area contributed by atoms with Crippen LogP contribution in [-0.4, -0.2) is 57.1 Å². The monoisotopic (exact) mass is 503 g/mol. The number of hydrogen-bond donors (Lipinski definition) is 1. The third-order valence-electron chi connectivity index (χ3n) is 5.86. The van der Waals surface area contributed by atoms with E-state index in [1.807, 2.05) is 58.0 Å². The van der Waals surface area contributed by atoms with E-state index in [1.54, 1.807) is 18.2 Å². The molecule has 0 saturated heterocycles. The van der Waals surface area contributed by atoms with E-state index in [4.69, 9.17) is 4.74 Å². The van der Waals surface area contributed by atoms with Crippen LogP contribution < -0.4 is 14.4 Å². The Morgan fingerprint density at radius 3 is 2.26 bits per heavy atom. The lowest BCUT2D eigenvalue weighted by molar-refractivity contribution is -0.140. The highest BCUT2D eigenvalue weighted by Gasteiger charge is 2.32. The van der Waals surface area contributed by atoms with Crippen molar-refractivity contribution in [1.29, 1.82) is 0 Å². The largest absolute Gasteiger partial charge is 0.495 e. The van der Waals surface area contributed by atoms with Gasteiger partial charge in [-0.2, -0.15) is 0 Å². The summed E-state index contributed by atoms with van der Waals surface area (Å²) in [5, 5.41) is 2.96. The maximum Gasteiger partial charge on any atom is 0.244 e. The van der Waals surface area contributed by atoms with Gasteiger partial charge in [0.1, 0.15) is 18.3 Å². The van der Waals surface area contributed by atoms with Gasteiger partial charge in [0.25, 0.3) is 0 Å². The Balaban J connectivity index is 2.48. The van der Waals surface area contributed by atoms with E-state index >= 15 is 0 Å². The molecule has 8 nitrogen and oxygen atoms in total. The first-order chi connectivity index (χ1) is 16.5. The van der Waals surface area contributed by atoms with E-state index in [0.29, 0.717) is 12.2 Å². The molecule has 1 N–H and O–H groups in total. The predicted octanol–water partition coefficient (Wildman–Crippen LogP) is 3.49. The zero-order valence-electron chi connectivity index (χ0n) is 21.4. The number of aryl methyl sites for hydroxylation is 1. The van der Waals surface area contributed by atoms with Crippen molar-refractivity contribution in [2.45, 2.75) is 59.2 Å². The second-order valence-corrected chi connectivity index (χ2v) is 10.6. The Labute approximate surface area is 209 Å². The highest BCUT2D eigenvalue weighted by atomic mass is 32.2. The molecule has 2 atom stereocenters. The topological polar surface area (TPSA) is 96.0 Å². The highest BCUT2D eigenvalue weighted by Crippen LogP contribution is 2.31. The Morgan fingerprint density at radius 2 is 1.71 bits per heavy atom. The van der Waals surface area contributed by atoms with Gasteiger partial charge in [0, 0.05) is 12.6 Å². The molecule has 2 aromatic carbocycles. The average Bonchev–Trinajstić information content (AvgIpc) is 2.82. The summed E-state index contributed by atoms with van der Waals surface area (Å²) in [5.74, 6) is -0.399. The van der Waals surface area contributed by atoms with E-state index in [9.17, 15) is 18.0 Å². The average molecular weight is 504 g/mol. The van der Waals surface area contributed by atoms with Gasteiger partial charge in [-0.25, -0.2) is 8.42 Å². The molecule has 9 heteroatoms. The molecule has 0 bridgehead atoms. The number of rotatable bonds is 12. The zero-order valence-corrected chi connectivity index (χ0v) is 22.3. The van der Waals surface area contributed by atoms with Crippen LogP contribution in [0, 0.1) is 6.92 Å². The Hall–Kier alpha value is -3.07. The molecule has 2 aromatic rings. The fourth-order valence-electron chi connectivity index (χ4n) is 3.73. The highest BCUT2D eigenvalue weighted by molar-refractivity contribution is 7.92. The summed E-state index contributed by atoms with van der Waals surface area (Å²) in [4.78, 5) is 28.3. The first-order valence-electron chi connectivity index (χ1n) is 11.8. The van der Waals surface area contributed by atoms with Gasteiger partial charge in [-0.05, 0) is 49.9 Å². The third-order valence-corrected chi connectivity index (χ3v) is 6.99. The van der Waals surface area contributed by atoms with Crippen molar-refractivity contribution in [3.8, 4) is 5.75 Å². The van der Waals surface area contributed by atoms with Crippen molar-refractivity contribution < 1.29 is 22.7 Å². The van der Waals surface area contributed by atoms with Crippen molar-refractivity contribution in [2.24, 2.45) is 0 Å². The molecule has 0 aliphatic rings. The summed E-state index contributed by atoms with van der Waals surface area (Å²) in [6, 6.07) is 13.7. The number of hydrogen-bond acceptors (Lipinski definition) is 5. The molecule has 2 unspecified atom stereocenters. The summed E-state index contributed by atoms with van der Waals surface area (Å²) in [6.07, 6.45) is 2.19. The van der Waals surface area contributed by atoms with Crippen LogP contribution in [0.2, 0.25) is 0 Å². The molecule has 0 spiro atoms. The molecule has 0 fully saturated rings. The van der Waals surface area contributed by atoms with Gasteiger partial charge in [-0.3, -0.25) is 13.9 Å². The molecule has 2 rings (SSSR count). The van der Waals surface area contributed by atoms with Crippen LogP contribution in [0.1, 0.15) is 44.7 Å². The van der Waals surface area contributed by atoms with Gasteiger partial charge in [-0.1, -0.05) is 50.2 Å². The number of carbonyl (C=O) groups excluding carboxylic acids is 2. The van der Waals surface area contributed by atoms with Crippen LogP contribution in [0.4, 0.5) is 5.69 Å². The van der Waals surface area contributed by atoms with Crippen molar-refractivity contribution in [1.82, 2.24) is 10.2 Å². The minimum absolute atomic E-state index is 0.0469. The standard InChI is InChI=1S/C26H37N3O5S/c1-7-20(4)27-26(31)22(8-2)28(17-21-12-10-9-11-13-21)25(30)18-29(35(6,32)33)23-16-19(3)14-15-24(23)34-5/h9-16,20,22H,7-8,17-18H2,1-6H3,(H,27,31). The number of benzene rings is 2. The molecular formula is C26H37N3O5S. The van der Waals surface area contributed by atoms with E-state index in [0.717, 1.165) is 28.1 Å². The second-order valence-electron chi connectivity index (χ2n) is 8.69. The third kappa shape index (κ3) is 7.71. The number of nitrogens with zero attached hydrogens (tertiary/aromatic N) is 2. The van der Waals surface area contributed by atoms with Crippen LogP contribution in [0.3, 0.4) is 0 Å².